The molecule has 0 spiro atoms. The number of benzene rings is 1. The van der Waals surface area contributed by atoms with Crippen molar-refractivity contribution >= 4 is 27.6 Å². The fourth-order valence-corrected chi connectivity index (χ4v) is 3.90. The van der Waals surface area contributed by atoms with Crippen molar-refractivity contribution in [1.29, 1.82) is 0 Å². The number of nitrogens with one attached hydrogen (secondary N) is 1. The second-order valence-corrected chi connectivity index (χ2v) is 7.17. The number of anilines is 1. The summed E-state index contributed by atoms with van der Waals surface area (Å²) < 4.78 is 0.979. The van der Waals surface area contributed by atoms with Crippen molar-refractivity contribution < 1.29 is 4.79 Å². The van der Waals surface area contributed by atoms with Crippen LogP contribution in [0.25, 0.3) is 0 Å². The van der Waals surface area contributed by atoms with Gasteiger partial charge < -0.3 is 10.2 Å². The molecular weight excluding hydrogens is 342 g/mol. The van der Waals surface area contributed by atoms with Crippen LogP contribution in [-0.4, -0.2) is 48.1 Å². The summed E-state index contributed by atoms with van der Waals surface area (Å²) >= 11 is 3.43. The third-order valence-electron chi connectivity index (χ3n) is 4.77. The summed E-state index contributed by atoms with van der Waals surface area (Å²) in [6, 6.07) is 8.50. The number of urea groups is 1. The van der Waals surface area contributed by atoms with Crippen molar-refractivity contribution in [3.8, 4) is 0 Å². The highest BCUT2D eigenvalue weighted by Crippen LogP contribution is 2.23. The molecular formula is C17H24BrN3O. The van der Waals surface area contributed by atoms with Gasteiger partial charge in [-0.3, -0.25) is 4.90 Å². The summed E-state index contributed by atoms with van der Waals surface area (Å²) in [5, 5.41) is 2.99. The van der Waals surface area contributed by atoms with E-state index in [2.05, 4.69) is 26.1 Å². The maximum Gasteiger partial charge on any atom is 0.321 e. The number of rotatable bonds is 2. The Hall–Kier alpha value is -1.07. The zero-order valence-electron chi connectivity index (χ0n) is 12.9. The molecule has 0 radical (unpaired) electrons. The Kier molecular flexibility index (Phi) is 5.37. The molecule has 1 saturated carbocycles. The second-order valence-electron chi connectivity index (χ2n) is 6.26. The van der Waals surface area contributed by atoms with E-state index in [4.69, 9.17) is 0 Å². The van der Waals surface area contributed by atoms with Crippen molar-refractivity contribution in [3.05, 3.63) is 28.7 Å². The molecule has 3 rings (SSSR count). The molecule has 1 N–H and O–H groups in total. The molecule has 0 atom stereocenters. The SMILES string of the molecule is O=C(Nc1cccc(Br)c1)N1CCN(C2CCCCC2)CC1. The van der Waals surface area contributed by atoms with Crippen LogP contribution in [0.4, 0.5) is 10.5 Å². The van der Waals surface area contributed by atoms with E-state index in [1.807, 2.05) is 29.2 Å². The monoisotopic (exact) mass is 365 g/mol. The minimum absolute atomic E-state index is 0.0152. The van der Waals surface area contributed by atoms with Gasteiger partial charge in [0.2, 0.25) is 0 Å². The Morgan fingerprint density at radius 3 is 2.50 bits per heavy atom. The Morgan fingerprint density at radius 2 is 1.82 bits per heavy atom. The van der Waals surface area contributed by atoms with Crippen LogP contribution in [-0.2, 0) is 0 Å². The first kappa shape index (κ1) is 15.8. The average molecular weight is 366 g/mol. The molecule has 1 aliphatic carbocycles. The topological polar surface area (TPSA) is 35.6 Å². The highest BCUT2D eigenvalue weighted by atomic mass is 79.9. The fourth-order valence-electron chi connectivity index (χ4n) is 3.51. The van der Waals surface area contributed by atoms with Gasteiger partial charge in [0.1, 0.15) is 0 Å². The number of piperazine rings is 1. The van der Waals surface area contributed by atoms with Crippen molar-refractivity contribution in [1.82, 2.24) is 9.80 Å². The van der Waals surface area contributed by atoms with E-state index in [-0.39, 0.29) is 6.03 Å². The first-order valence-electron chi connectivity index (χ1n) is 8.28. The van der Waals surface area contributed by atoms with Crippen molar-refractivity contribution in [2.45, 2.75) is 38.1 Å². The quantitative estimate of drug-likeness (QED) is 0.861. The molecule has 0 bridgehead atoms. The Labute approximate surface area is 141 Å². The molecule has 2 fully saturated rings. The average Bonchev–Trinajstić information content (AvgIpc) is 2.56. The van der Waals surface area contributed by atoms with Gasteiger partial charge >= 0.3 is 6.03 Å². The summed E-state index contributed by atoms with van der Waals surface area (Å²) in [6.45, 7) is 3.68. The number of carbonyl (C=O) groups is 1. The van der Waals surface area contributed by atoms with E-state index < -0.39 is 0 Å². The van der Waals surface area contributed by atoms with Gasteiger partial charge in [-0.25, -0.2) is 4.79 Å². The van der Waals surface area contributed by atoms with E-state index in [1.165, 1.54) is 32.1 Å². The van der Waals surface area contributed by atoms with Crippen LogP contribution in [0, 0.1) is 0 Å². The van der Waals surface area contributed by atoms with Crippen LogP contribution >= 0.6 is 15.9 Å². The third kappa shape index (κ3) is 4.02. The minimum Gasteiger partial charge on any atom is -0.322 e. The molecule has 22 heavy (non-hydrogen) atoms. The lowest BCUT2D eigenvalue weighted by Crippen LogP contribution is -2.53. The van der Waals surface area contributed by atoms with Gasteiger partial charge in [0, 0.05) is 42.4 Å². The summed E-state index contributed by atoms with van der Waals surface area (Å²) in [5.41, 5.74) is 0.842. The van der Waals surface area contributed by atoms with E-state index in [0.717, 1.165) is 42.4 Å². The molecule has 2 aliphatic rings. The number of hydrogen-bond acceptors (Lipinski definition) is 2. The Balaban J connectivity index is 1.49. The standard InChI is InChI=1S/C17H24BrN3O/c18-14-5-4-6-15(13-14)19-17(22)21-11-9-20(10-12-21)16-7-2-1-3-8-16/h4-6,13,16H,1-3,7-12H2,(H,19,22). The van der Waals surface area contributed by atoms with Gasteiger partial charge in [0.15, 0.2) is 0 Å². The summed E-state index contributed by atoms with van der Waals surface area (Å²) in [6.07, 6.45) is 6.81. The van der Waals surface area contributed by atoms with Crippen LogP contribution in [0.2, 0.25) is 0 Å². The first-order valence-corrected chi connectivity index (χ1v) is 9.07. The van der Waals surface area contributed by atoms with Gasteiger partial charge in [-0.15, -0.1) is 0 Å². The summed E-state index contributed by atoms with van der Waals surface area (Å²) in [7, 11) is 0. The number of carbonyl (C=O) groups excluding carboxylic acids is 1. The van der Waals surface area contributed by atoms with E-state index in [0.29, 0.717) is 0 Å². The maximum absolute atomic E-state index is 12.3. The molecule has 1 aliphatic heterocycles. The zero-order valence-corrected chi connectivity index (χ0v) is 14.5. The van der Waals surface area contributed by atoms with Crippen molar-refractivity contribution in [2.24, 2.45) is 0 Å². The van der Waals surface area contributed by atoms with Crippen molar-refractivity contribution in [2.75, 3.05) is 31.5 Å². The smallest absolute Gasteiger partial charge is 0.321 e. The lowest BCUT2D eigenvalue weighted by Gasteiger charge is -2.40. The van der Waals surface area contributed by atoms with Gasteiger partial charge in [-0.2, -0.15) is 0 Å². The van der Waals surface area contributed by atoms with Crippen LogP contribution in [0.3, 0.4) is 0 Å². The second kappa shape index (κ2) is 7.47. The van der Waals surface area contributed by atoms with E-state index in [1.54, 1.807) is 0 Å². The zero-order chi connectivity index (χ0) is 15.4. The van der Waals surface area contributed by atoms with Crippen molar-refractivity contribution in [3.63, 3.8) is 0 Å². The van der Waals surface area contributed by atoms with Gasteiger partial charge in [0.05, 0.1) is 0 Å². The molecule has 4 nitrogen and oxygen atoms in total. The molecule has 2 amide bonds. The van der Waals surface area contributed by atoms with E-state index in [9.17, 15) is 4.79 Å². The van der Waals surface area contributed by atoms with E-state index >= 15 is 0 Å². The lowest BCUT2D eigenvalue weighted by molar-refractivity contribution is 0.0943. The van der Waals surface area contributed by atoms with Crippen LogP contribution < -0.4 is 5.32 Å². The predicted molar refractivity (Wildman–Crippen MR) is 93.2 cm³/mol. The summed E-state index contributed by atoms with van der Waals surface area (Å²) in [5.74, 6) is 0. The van der Waals surface area contributed by atoms with Crippen LogP contribution in [0.5, 0.6) is 0 Å². The number of hydrogen-bond donors (Lipinski definition) is 1. The molecule has 0 unspecified atom stereocenters. The maximum atomic E-state index is 12.3. The fraction of sp³-hybridized carbons (Fsp3) is 0.588. The molecule has 120 valence electrons. The number of amides is 2. The van der Waals surface area contributed by atoms with Crippen LogP contribution in [0.15, 0.2) is 28.7 Å². The Morgan fingerprint density at radius 1 is 1.09 bits per heavy atom. The number of nitrogens with zero attached hydrogens (tertiary/aromatic N) is 2. The predicted octanol–water partition coefficient (Wildman–Crippen LogP) is 3.93. The molecule has 1 saturated heterocycles. The molecule has 0 aromatic heterocycles. The molecule has 1 aromatic rings. The summed E-state index contributed by atoms with van der Waals surface area (Å²) in [4.78, 5) is 16.9. The Bertz CT molecular complexity index is 508. The molecule has 1 heterocycles. The largest absolute Gasteiger partial charge is 0.322 e. The lowest BCUT2D eigenvalue weighted by atomic mass is 9.94. The highest BCUT2D eigenvalue weighted by Gasteiger charge is 2.26. The van der Waals surface area contributed by atoms with Gasteiger partial charge in [-0.05, 0) is 31.0 Å². The number of halogens is 1. The van der Waals surface area contributed by atoms with Crippen LogP contribution in [0.1, 0.15) is 32.1 Å². The normalized spacial score (nSPS) is 20.9. The molecule has 5 heteroatoms. The third-order valence-corrected chi connectivity index (χ3v) is 5.26. The van der Waals surface area contributed by atoms with Gasteiger partial charge in [0.25, 0.3) is 0 Å². The molecule has 1 aromatic carbocycles. The highest BCUT2D eigenvalue weighted by molar-refractivity contribution is 9.10. The van der Waals surface area contributed by atoms with Gasteiger partial charge in [-0.1, -0.05) is 41.3 Å². The first-order chi connectivity index (χ1) is 10.7. The minimum atomic E-state index is 0.0152.